The molecule has 0 aromatic carbocycles. The van der Waals surface area contributed by atoms with Crippen LogP contribution in [-0.2, 0) is 4.43 Å². The fourth-order valence-corrected chi connectivity index (χ4v) is 2.80. The van der Waals surface area contributed by atoms with Gasteiger partial charge in [0.2, 0.25) is 0 Å². The summed E-state index contributed by atoms with van der Waals surface area (Å²) in [6.45, 7) is 12.6. The summed E-state index contributed by atoms with van der Waals surface area (Å²) >= 11 is 11.9. The minimum absolute atomic E-state index is 0.213. The van der Waals surface area contributed by atoms with Gasteiger partial charge in [-0.05, 0) is 18.1 Å². The van der Waals surface area contributed by atoms with E-state index in [4.69, 9.17) is 27.6 Å². The molecular weight excluding hydrogens is 313 g/mol. The van der Waals surface area contributed by atoms with Crippen molar-refractivity contribution in [3.05, 3.63) is 16.4 Å². The molecule has 1 rings (SSSR count). The van der Waals surface area contributed by atoms with E-state index >= 15 is 0 Å². The summed E-state index contributed by atoms with van der Waals surface area (Å²) in [5.74, 6) is 0. The van der Waals surface area contributed by atoms with E-state index < -0.39 is 8.32 Å². The number of aromatic nitrogens is 2. The van der Waals surface area contributed by atoms with Gasteiger partial charge in [0.25, 0.3) is 0 Å². The topological polar surface area (TPSA) is 38.2 Å². The molecule has 0 radical (unpaired) electrons. The smallest absolute Gasteiger partial charge is 0.192 e. The molecule has 0 aliphatic heterocycles. The number of nitrogens with zero attached hydrogens (tertiary/aromatic N) is 3. The van der Waals surface area contributed by atoms with Gasteiger partial charge in [0.15, 0.2) is 18.6 Å². The van der Waals surface area contributed by atoms with Crippen molar-refractivity contribution in [2.75, 3.05) is 25.1 Å². The molecule has 1 aromatic rings. The van der Waals surface area contributed by atoms with Crippen LogP contribution >= 0.6 is 23.2 Å². The van der Waals surface area contributed by atoms with Gasteiger partial charge < -0.3 is 9.33 Å². The Labute approximate surface area is 132 Å². The lowest BCUT2D eigenvalue weighted by atomic mass is 10.2. The second-order valence-corrected chi connectivity index (χ2v) is 11.9. The van der Waals surface area contributed by atoms with E-state index in [-0.39, 0.29) is 5.04 Å². The second-order valence-electron chi connectivity index (χ2n) is 6.37. The van der Waals surface area contributed by atoms with Crippen LogP contribution in [0.15, 0.2) is 6.07 Å². The molecular formula is C13H23Cl2N3OSi. The van der Waals surface area contributed by atoms with Crippen LogP contribution in [-0.4, -0.2) is 38.7 Å². The van der Waals surface area contributed by atoms with Gasteiger partial charge in [-0.25, -0.2) is 0 Å². The Hall–Kier alpha value is -0.363. The SMILES string of the molecule is CN(CCO[Si](C)(C)C(C)(C)C)c1cc(Cl)nnc1Cl. The molecule has 7 heteroatoms. The Morgan fingerprint density at radius 3 is 2.40 bits per heavy atom. The first-order chi connectivity index (χ1) is 9.04. The van der Waals surface area contributed by atoms with Crippen molar-refractivity contribution < 1.29 is 4.43 Å². The van der Waals surface area contributed by atoms with Gasteiger partial charge in [-0.1, -0.05) is 44.0 Å². The summed E-state index contributed by atoms with van der Waals surface area (Å²) in [7, 11) is 0.228. The molecule has 1 aromatic heterocycles. The summed E-state index contributed by atoms with van der Waals surface area (Å²) in [6, 6.07) is 1.71. The fourth-order valence-electron chi connectivity index (χ4n) is 1.39. The number of hydrogen-bond donors (Lipinski definition) is 0. The van der Waals surface area contributed by atoms with Crippen molar-refractivity contribution in [2.45, 2.75) is 38.9 Å². The second kappa shape index (κ2) is 6.60. The van der Waals surface area contributed by atoms with E-state index in [0.29, 0.717) is 16.9 Å². The highest BCUT2D eigenvalue weighted by Gasteiger charge is 2.36. The van der Waals surface area contributed by atoms with Crippen molar-refractivity contribution in [2.24, 2.45) is 0 Å². The molecule has 0 saturated carbocycles. The van der Waals surface area contributed by atoms with Gasteiger partial charge in [-0.2, -0.15) is 0 Å². The maximum absolute atomic E-state index is 6.14. The Kier molecular flexibility index (Phi) is 5.84. The third-order valence-corrected chi connectivity index (χ3v) is 8.80. The maximum Gasteiger partial charge on any atom is 0.192 e. The molecule has 0 atom stereocenters. The minimum Gasteiger partial charge on any atom is -0.415 e. The van der Waals surface area contributed by atoms with Gasteiger partial charge in [0.1, 0.15) is 0 Å². The van der Waals surface area contributed by atoms with Crippen LogP contribution in [0.5, 0.6) is 0 Å². The fraction of sp³-hybridized carbons (Fsp3) is 0.692. The lowest BCUT2D eigenvalue weighted by molar-refractivity contribution is 0.296. The minimum atomic E-state index is -1.71. The molecule has 0 aliphatic carbocycles. The van der Waals surface area contributed by atoms with Crippen molar-refractivity contribution in [3.63, 3.8) is 0 Å². The summed E-state index contributed by atoms with van der Waals surface area (Å²) in [5.41, 5.74) is 0.769. The number of hydrogen-bond acceptors (Lipinski definition) is 4. The van der Waals surface area contributed by atoms with Crippen LogP contribution in [0.2, 0.25) is 28.4 Å². The number of halogens is 2. The third kappa shape index (κ3) is 4.58. The van der Waals surface area contributed by atoms with E-state index in [9.17, 15) is 0 Å². The van der Waals surface area contributed by atoms with Crippen LogP contribution in [0.25, 0.3) is 0 Å². The van der Waals surface area contributed by atoms with Crippen LogP contribution in [0.3, 0.4) is 0 Å². The summed E-state index contributed by atoms with van der Waals surface area (Å²) in [5, 5.41) is 8.41. The van der Waals surface area contributed by atoms with E-state index in [1.54, 1.807) is 6.07 Å². The zero-order chi connectivity index (χ0) is 15.6. The zero-order valence-electron chi connectivity index (χ0n) is 13.0. The largest absolute Gasteiger partial charge is 0.415 e. The molecule has 20 heavy (non-hydrogen) atoms. The zero-order valence-corrected chi connectivity index (χ0v) is 15.5. The highest BCUT2D eigenvalue weighted by atomic mass is 35.5. The predicted octanol–water partition coefficient (Wildman–Crippen LogP) is 4.24. The molecule has 0 fully saturated rings. The molecule has 0 aliphatic rings. The van der Waals surface area contributed by atoms with Crippen LogP contribution in [0, 0.1) is 0 Å². The van der Waals surface area contributed by atoms with Crippen LogP contribution < -0.4 is 4.90 Å². The monoisotopic (exact) mass is 335 g/mol. The van der Waals surface area contributed by atoms with Gasteiger partial charge in [-0.15, -0.1) is 10.2 Å². The normalized spacial score (nSPS) is 12.6. The molecule has 0 N–H and O–H groups in total. The van der Waals surface area contributed by atoms with E-state index in [1.807, 2.05) is 11.9 Å². The van der Waals surface area contributed by atoms with Crippen molar-refractivity contribution in [1.29, 1.82) is 0 Å². The highest BCUT2D eigenvalue weighted by molar-refractivity contribution is 6.74. The Balaban J connectivity index is 2.60. The van der Waals surface area contributed by atoms with Gasteiger partial charge >= 0.3 is 0 Å². The molecule has 0 amide bonds. The standard InChI is InChI=1S/C13H23Cl2N3OSi/c1-13(2,3)20(5,6)19-8-7-18(4)10-9-11(14)16-17-12(10)15/h9H,7-8H2,1-6H3. The van der Waals surface area contributed by atoms with E-state index in [2.05, 4.69) is 44.1 Å². The summed E-state index contributed by atoms with van der Waals surface area (Å²) in [4.78, 5) is 1.98. The average Bonchev–Trinajstić information content (AvgIpc) is 2.30. The van der Waals surface area contributed by atoms with Crippen molar-refractivity contribution in [1.82, 2.24) is 10.2 Å². The first kappa shape index (κ1) is 17.7. The average molecular weight is 336 g/mol. The first-order valence-corrected chi connectivity index (χ1v) is 10.2. The Morgan fingerprint density at radius 1 is 1.25 bits per heavy atom. The molecule has 4 nitrogen and oxygen atoms in total. The molecule has 0 spiro atoms. The predicted molar refractivity (Wildman–Crippen MR) is 88.5 cm³/mol. The molecule has 0 bridgehead atoms. The highest BCUT2D eigenvalue weighted by Crippen LogP contribution is 2.36. The van der Waals surface area contributed by atoms with Crippen molar-refractivity contribution >= 4 is 37.2 Å². The Bertz CT molecular complexity index is 463. The van der Waals surface area contributed by atoms with Gasteiger partial charge in [0, 0.05) is 19.7 Å². The first-order valence-electron chi connectivity index (χ1n) is 6.58. The van der Waals surface area contributed by atoms with Crippen LogP contribution in [0.4, 0.5) is 5.69 Å². The lowest BCUT2D eigenvalue weighted by Gasteiger charge is -2.36. The quantitative estimate of drug-likeness (QED) is 0.754. The van der Waals surface area contributed by atoms with E-state index in [0.717, 1.165) is 12.2 Å². The van der Waals surface area contributed by atoms with E-state index in [1.165, 1.54) is 0 Å². The third-order valence-electron chi connectivity index (χ3n) is 3.81. The number of rotatable bonds is 5. The molecule has 114 valence electrons. The molecule has 0 saturated heterocycles. The van der Waals surface area contributed by atoms with Gasteiger partial charge in [0.05, 0.1) is 12.3 Å². The van der Waals surface area contributed by atoms with Crippen LogP contribution in [0.1, 0.15) is 20.8 Å². The van der Waals surface area contributed by atoms with Crippen molar-refractivity contribution in [3.8, 4) is 0 Å². The number of likely N-dealkylation sites (N-methyl/N-ethyl adjacent to an activating group) is 1. The lowest BCUT2D eigenvalue weighted by Crippen LogP contribution is -2.42. The maximum atomic E-state index is 6.14. The van der Waals surface area contributed by atoms with Gasteiger partial charge in [-0.3, -0.25) is 0 Å². The Morgan fingerprint density at radius 2 is 1.85 bits per heavy atom. The molecule has 0 unspecified atom stereocenters. The summed E-state index contributed by atoms with van der Waals surface area (Å²) < 4.78 is 6.14. The number of anilines is 1. The molecule has 1 heterocycles. The summed E-state index contributed by atoms with van der Waals surface area (Å²) in [6.07, 6.45) is 0.